The van der Waals surface area contributed by atoms with Gasteiger partial charge in [0.05, 0.1) is 16.2 Å². The number of rotatable bonds is 11. The Morgan fingerprint density at radius 1 is 0.886 bits per heavy atom. The minimum atomic E-state index is -1.24. The lowest BCUT2D eigenvalue weighted by atomic mass is 10.1. The topological polar surface area (TPSA) is 71.3 Å². The van der Waals surface area contributed by atoms with Gasteiger partial charge in [0.25, 0.3) is 0 Å². The number of carboxylic acid groups (broad SMARTS) is 1. The Bertz CT molecular complexity index is 1350. The number of nitrogens with one attached hydrogen (secondary N) is 1. The van der Waals surface area contributed by atoms with E-state index >= 15 is 0 Å². The van der Waals surface area contributed by atoms with E-state index in [-0.39, 0.29) is 5.56 Å². The van der Waals surface area contributed by atoms with E-state index in [2.05, 4.69) is 29.6 Å². The number of nitrogens with zero attached hydrogens (tertiary/aromatic N) is 1. The highest BCUT2D eigenvalue weighted by atomic mass is 35.5. The van der Waals surface area contributed by atoms with Gasteiger partial charge in [-0.05, 0) is 42.5 Å². The highest BCUT2D eigenvalue weighted by Crippen LogP contribution is 2.28. The van der Waals surface area contributed by atoms with E-state index in [1.807, 2.05) is 36.4 Å². The van der Waals surface area contributed by atoms with Crippen LogP contribution >= 0.6 is 11.6 Å². The van der Waals surface area contributed by atoms with Crippen molar-refractivity contribution in [2.45, 2.75) is 38.6 Å². The Morgan fingerprint density at radius 2 is 1.54 bits per heavy atom. The quantitative estimate of drug-likeness (QED) is 0.233. The van der Waals surface area contributed by atoms with Crippen molar-refractivity contribution in [3.05, 3.63) is 111 Å². The maximum Gasteiger partial charge on any atom is 0.341 e. The summed E-state index contributed by atoms with van der Waals surface area (Å²) in [5.74, 6) is -1.24. The van der Waals surface area contributed by atoms with Crippen molar-refractivity contribution in [3.63, 3.8) is 0 Å². The minimum absolute atomic E-state index is 0.250. The Kier molecular flexibility index (Phi) is 8.22. The third-order valence-electron chi connectivity index (χ3n) is 6.15. The molecule has 1 heterocycles. The van der Waals surface area contributed by atoms with E-state index in [4.69, 9.17) is 11.6 Å². The number of anilines is 1. The SMILES string of the molecule is O=C(O)c1cn(Cc2ccccc2)c2cc(Cl)c(NCCCCCCc3ccccc3)cc2c1=O. The summed E-state index contributed by atoms with van der Waals surface area (Å²) in [6.07, 6.45) is 6.87. The average molecular weight is 489 g/mol. The molecular formula is C29H29ClN2O3. The van der Waals surface area contributed by atoms with Crippen molar-refractivity contribution in [3.8, 4) is 0 Å². The van der Waals surface area contributed by atoms with Crippen LogP contribution in [-0.4, -0.2) is 22.2 Å². The monoisotopic (exact) mass is 488 g/mol. The standard InChI is InChI=1S/C29H29ClN2O3/c30-25-18-27-23(17-26(25)31-16-10-2-1-5-11-21-12-6-3-7-13-21)28(33)24(29(34)35)20-32(27)19-22-14-8-4-9-15-22/h3-4,6-9,12-15,17-18,20,31H,1-2,5,10-11,16,19H2,(H,34,35). The number of carbonyl (C=O) groups is 1. The molecule has 3 aromatic carbocycles. The lowest BCUT2D eigenvalue weighted by molar-refractivity contribution is 0.0695. The Balaban J connectivity index is 1.45. The van der Waals surface area contributed by atoms with Gasteiger partial charge in [-0.3, -0.25) is 4.79 Å². The molecule has 0 saturated heterocycles. The first kappa shape index (κ1) is 24.6. The maximum absolute atomic E-state index is 12.9. The second-order valence-corrected chi connectivity index (χ2v) is 9.12. The third-order valence-corrected chi connectivity index (χ3v) is 6.46. The van der Waals surface area contributed by atoms with Crippen molar-refractivity contribution in [2.24, 2.45) is 0 Å². The predicted octanol–water partition coefficient (Wildman–Crippen LogP) is 6.62. The molecule has 180 valence electrons. The van der Waals surface area contributed by atoms with Crippen molar-refractivity contribution in [1.82, 2.24) is 4.57 Å². The molecule has 0 radical (unpaired) electrons. The molecule has 0 spiro atoms. The van der Waals surface area contributed by atoms with Crippen molar-refractivity contribution in [1.29, 1.82) is 0 Å². The summed E-state index contributed by atoms with van der Waals surface area (Å²) in [4.78, 5) is 24.7. The smallest absolute Gasteiger partial charge is 0.341 e. The molecule has 0 atom stereocenters. The summed E-state index contributed by atoms with van der Waals surface area (Å²) in [5.41, 5.74) is 2.87. The molecule has 2 N–H and O–H groups in total. The van der Waals surface area contributed by atoms with Gasteiger partial charge in [0.2, 0.25) is 5.43 Å². The lowest BCUT2D eigenvalue weighted by Crippen LogP contribution is -2.19. The first-order valence-electron chi connectivity index (χ1n) is 11.9. The van der Waals surface area contributed by atoms with E-state index in [1.54, 1.807) is 16.7 Å². The van der Waals surface area contributed by atoms with Gasteiger partial charge in [-0.1, -0.05) is 85.1 Å². The summed E-state index contributed by atoms with van der Waals surface area (Å²) in [7, 11) is 0. The van der Waals surface area contributed by atoms with Crippen LogP contribution in [0.1, 0.15) is 47.2 Å². The number of aromatic carboxylic acids is 1. The molecule has 6 heteroatoms. The molecule has 0 aliphatic rings. The molecular weight excluding hydrogens is 460 g/mol. The van der Waals surface area contributed by atoms with E-state index in [9.17, 15) is 14.7 Å². The van der Waals surface area contributed by atoms with Gasteiger partial charge < -0.3 is 15.0 Å². The summed E-state index contributed by atoms with van der Waals surface area (Å²) in [5, 5.41) is 13.8. The number of aryl methyl sites for hydroxylation is 1. The molecule has 0 unspecified atom stereocenters. The van der Waals surface area contributed by atoms with Crippen LogP contribution in [0.25, 0.3) is 10.9 Å². The van der Waals surface area contributed by atoms with Crippen LogP contribution in [-0.2, 0) is 13.0 Å². The normalized spacial score (nSPS) is 11.0. The number of hydrogen-bond donors (Lipinski definition) is 2. The van der Waals surface area contributed by atoms with Crippen molar-refractivity contribution >= 4 is 34.2 Å². The lowest BCUT2D eigenvalue weighted by Gasteiger charge is -2.15. The van der Waals surface area contributed by atoms with Crippen LogP contribution < -0.4 is 10.7 Å². The van der Waals surface area contributed by atoms with Crippen LogP contribution in [0.5, 0.6) is 0 Å². The van der Waals surface area contributed by atoms with E-state index in [0.717, 1.165) is 44.2 Å². The second-order valence-electron chi connectivity index (χ2n) is 8.72. The molecule has 0 saturated carbocycles. The van der Waals surface area contributed by atoms with Gasteiger partial charge in [-0.2, -0.15) is 0 Å². The number of hydrogen-bond acceptors (Lipinski definition) is 3. The molecule has 35 heavy (non-hydrogen) atoms. The summed E-state index contributed by atoms with van der Waals surface area (Å²) >= 11 is 6.57. The third kappa shape index (κ3) is 6.31. The predicted molar refractivity (Wildman–Crippen MR) is 143 cm³/mol. The molecule has 0 bridgehead atoms. The molecule has 0 aliphatic carbocycles. The van der Waals surface area contributed by atoms with Gasteiger partial charge in [0.15, 0.2) is 0 Å². The number of halogens is 1. The summed E-state index contributed by atoms with van der Waals surface area (Å²) in [6.45, 7) is 1.16. The minimum Gasteiger partial charge on any atom is -0.477 e. The van der Waals surface area contributed by atoms with Gasteiger partial charge in [-0.25, -0.2) is 4.79 Å². The van der Waals surface area contributed by atoms with Crippen LogP contribution in [0.3, 0.4) is 0 Å². The van der Waals surface area contributed by atoms with Crippen LogP contribution in [0.4, 0.5) is 5.69 Å². The van der Waals surface area contributed by atoms with E-state index < -0.39 is 11.4 Å². The Morgan fingerprint density at radius 3 is 2.23 bits per heavy atom. The number of benzene rings is 3. The molecule has 0 fully saturated rings. The Labute approximate surface area is 210 Å². The first-order valence-corrected chi connectivity index (χ1v) is 12.3. The fourth-order valence-electron chi connectivity index (χ4n) is 4.29. The first-order chi connectivity index (χ1) is 17.0. The van der Waals surface area contributed by atoms with Crippen molar-refractivity contribution in [2.75, 3.05) is 11.9 Å². The molecule has 5 nitrogen and oxygen atoms in total. The highest BCUT2D eigenvalue weighted by Gasteiger charge is 2.17. The van der Waals surface area contributed by atoms with Crippen LogP contribution in [0.15, 0.2) is 83.8 Å². The Hall–Kier alpha value is -3.57. The number of fused-ring (bicyclic) bond motifs is 1. The molecule has 0 amide bonds. The van der Waals surface area contributed by atoms with Gasteiger partial charge >= 0.3 is 5.97 Å². The molecule has 1 aromatic heterocycles. The zero-order chi connectivity index (χ0) is 24.6. The largest absolute Gasteiger partial charge is 0.477 e. The molecule has 0 aliphatic heterocycles. The van der Waals surface area contributed by atoms with Crippen LogP contribution in [0, 0.1) is 0 Å². The van der Waals surface area contributed by atoms with Gasteiger partial charge in [0, 0.05) is 24.7 Å². The maximum atomic E-state index is 12.9. The van der Waals surface area contributed by atoms with E-state index in [0.29, 0.717) is 28.2 Å². The van der Waals surface area contributed by atoms with Crippen LogP contribution in [0.2, 0.25) is 5.02 Å². The second kappa shape index (κ2) is 11.7. The number of aromatic nitrogens is 1. The van der Waals surface area contributed by atoms with Crippen molar-refractivity contribution < 1.29 is 9.90 Å². The number of pyridine rings is 1. The molecule has 4 aromatic rings. The molecule has 4 rings (SSSR count). The zero-order valence-corrected chi connectivity index (χ0v) is 20.3. The number of carboxylic acids is 1. The fourth-order valence-corrected chi connectivity index (χ4v) is 4.51. The van der Waals surface area contributed by atoms with Gasteiger partial charge in [-0.15, -0.1) is 0 Å². The summed E-state index contributed by atoms with van der Waals surface area (Å²) < 4.78 is 1.78. The fraction of sp³-hybridized carbons (Fsp3) is 0.241. The van der Waals surface area contributed by atoms with E-state index in [1.165, 1.54) is 11.8 Å². The highest BCUT2D eigenvalue weighted by molar-refractivity contribution is 6.34. The zero-order valence-electron chi connectivity index (χ0n) is 19.5. The number of unbranched alkanes of at least 4 members (excludes halogenated alkanes) is 3. The van der Waals surface area contributed by atoms with Gasteiger partial charge in [0.1, 0.15) is 5.56 Å². The summed E-state index contributed by atoms with van der Waals surface area (Å²) in [6, 6.07) is 23.6. The average Bonchev–Trinajstić information content (AvgIpc) is 2.86.